The Labute approximate surface area is 109 Å². The summed E-state index contributed by atoms with van der Waals surface area (Å²) >= 11 is 0. The quantitative estimate of drug-likeness (QED) is 0.427. The van der Waals surface area contributed by atoms with Gasteiger partial charge in [-0.3, -0.25) is 4.79 Å². The van der Waals surface area contributed by atoms with Crippen LogP contribution >= 0.6 is 0 Å². The Bertz CT molecular complexity index is 196. The van der Waals surface area contributed by atoms with Crippen molar-refractivity contribution in [2.75, 3.05) is 33.0 Å². The van der Waals surface area contributed by atoms with Crippen LogP contribution in [-0.2, 0) is 19.0 Å². The first-order valence-corrected chi connectivity index (χ1v) is 6.69. The van der Waals surface area contributed by atoms with Crippen molar-refractivity contribution >= 4 is 5.97 Å². The Morgan fingerprint density at radius 2 is 1.83 bits per heavy atom. The molecule has 0 bridgehead atoms. The van der Waals surface area contributed by atoms with Crippen molar-refractivity contribution < 1.29 is 24.1 Å². The van der Waals surface area contributed by atoms with Gasteiger partial charge in [-0.2, -0.15) is 0 Å². The molecule has 108 valence electrons. The highest BCUT2D eigenvalue weighted by Gasteiger charge is 2.11. The molecule has 0 aromatic rings. The third kappa shape index (κ3) is 11.8. The van der Waals surface area contributed by atoms with Gasteiger partial charge in [-0.1, -0.05) is 19.8 Å². The van der Waals surface area contributed by atoms with E-state index in [9.17, 15) is 9.90 Å². The van der Waals surface area contributed by atoms with Crippen LogP contribution in [0.5, 0.6) is 0 Å². The molecule has 0 heterocycles. The fourth-order valence-electron chi connectivity index (χ4n) is 1.33. The fraction of sp³-hybridized carbons (Fsp3) is 0.923. The summed E-state index contributed by atoms with van der Waals surface area (Å²) in [5, 5.41) is 9.51. The summed E-state index contributed by atoms with van der Waals surface area (Å²) in [5.41, 5.74) is 0. The summed E-state index contributed by atoms with van der Waals surface area (Å²) in [4.78, 5) is 11.3. The van der Waals surface area contributed by atoms with E-state index in [1.54, 1.807) is 0 Å². The zero-order valence-electron chi connectivity index (χ0n) is 11.5. The number of aliphatic hydroxyl groups is 1. The van der Waals surface area contributed by atoms with Crippen LogP contribution in [0.15, 0.2) is 0 Å². The summed E-state index contributed by atoms with van der Waals surface area (Å²) in [6.07, 6.45) is 2.21. The smallest absolute Gasteiger partial charge is 0.308 e. The van der Waals surface area contributed by atoms with Crippen molar-refractivity contribution in [3.05, 3.63) is 0 Å². The molecule has 0 aliphatic rings. The molecule has 0 aliphatic carbocycles. The van der Waals surface area contributed by atoms with Gasteiger partial charge in [-0.05, 0) is 13.3 Å². The number of esters is 1. The largest absolute Gasteiger partial charge is 0.466 e. The molecular weight excluding hydrogens is 236 g/mol. The lowest BCUT2D eigenvalue weighted by atomic mass is 10.2. The van der Waals surface area contributed by atoms with Crippen molar-refractivity contribution in [3.63, 3.8) is 0 Å². The van der Waals surface area contributed by atoms with Crippen molar-refractivity contribution in [3.8, 4) is 0 Å². The summed E-state index contributed by atoms with van der Waals surface area (Å²) in [6.45, 7) is 6.15. The molecule has 0 amide bonds. The van der Waals surface area contributed by atoms with Crippen molar-refractivity contribution in [2.24, 2.45) is 0 Å². The number of ether oxygens (including phenoxy) is 3. The van der Waals surface area contributed by atoms with E-state index in [0.717, 1.165) is 19.3 Å². The standard InChI is InChI=1S/C13H26O5/c1-3-5-6-7-18-13(15)10-12(14)11-17-9-8-16-4-2/h12,14H,3-11H2,1-2H3. The van der Waals surface area contributed by atoms with Crippen LogP contribution in [-0.4, -0.2) is 50.2 Å². The van der Waals surface area contributed by atoms with Crippen molar-refractivity contribution in [1.29, 1.82) is 0 Å². The maximum absolute atomic E-state index is 11.3. The average Bonchev–Trinajstić information content (AvgIpc) is 2.34. The van der Waals surface area contributed by atoms with Crippen LogP contribution in [0.4, 0.5) is 0 Å². The van der Waals surface area contributed by atoms with E-state index in [2.05, 4.69) is 6.92 Å². The highest BCUT2D eigenvalue weighted by molar-refractivity contribution is 5.69. The Kier molecular flexibility index (Phi) is 12.3. The third-order valence-corrected chi connectivity index (χ3v) is 2.30. The highest BCUT2D eigenvalue weighted by Crippen LogP contribution is 1.99. The van der Waals surface area contributed by atoms with Gasteiger partial charge in [0, 0.05) is 6.61 Å². The summed E-state index contributed by atoms with van der Waals surface area (Å²) < 4.78 is 15.2. The zero-order valence-corrected chi connectivity index (χ0v) is 11.5. The summed E-state index contributed by atoms with van der Waals surface area (Å²) in [5.74, 6) is -0.369. The Morgan fingerprint density at radius 3 is 2.50 bits per heavy atom. The third-order valence-electron chi connectivity index (χ3n) is 2.30. The second-order valence-electron chi connectivity index (χ2n) is 4.06. The fourth-order valence-corrected chi connectivity index (χ4v) is 1.33. The van der Waals surface area contributed by atoms with Gasteiger partial charge in [-0.25, -0.2) is 0 Å². The van der Waals surface area contributed by atoms with Crippen LogP contribution in [0, 0.1) is 0 Å². The van der Waals surface area contributed by atoms with Gasteiger partial charge in [0.2, 0.25) is 0 Å². The molecular formula is C13H26O5. The minimum atomic E-state index is -0.801. The molecule has 0 radical (unpaired) electrons. The van der Waals surface area contributed by atoms with E-state index in [1.165, 1.54) is 0 Å². The number of rotatable bonds is 12. The lowest BCUT2D eigenvalue weighted by molar-refractivity contribution is -0.147. The second-order valence-corrected chi connectivity index (χ2v) is 4.06. The summed E-state index contributed by atoms with van der Waals surface area (Å²) in [6, 6.07) is 0. The van der Waals surface area contributed by atoms with Crippen LogP contribution in [0.25, 0.3) is 0 Å². The van der Waals surface area contributed by atoms with Crippen LogP contribution in [0.3, 0.4) is 0 Å². The molecule has 1 unspecified atom stereocenters. The molecule has 0 saturated heterocycles. The van der Waals surface area contributed by atoms with Gasteiger partial charge in [0.15, 0.2) is 0 Å². The number of aliphatic hydroxyl groups excluding tert-OH is 1. The van der Waals surface area contributed by atoms with Crippen molar-refractivity contribution in [2.45, 2.75) is 45.6 Å². The van der Waals surface area contributed by atoms with Crippen molar-refractivity contribution in [1.82, 2.24) is 0 Å². The topological polar surface area (TPSA) is 65.0 Å². The second kappa shape index (κ2) is 12.8. The number of unbranched alkanes of at least 4 members (excludes halogenated alkanes) is 2. The van der Waals surface area contributed by atoms with E-state index in [-0.39, 0.29) is 19.0 Å². The zero-order chi connectivity index (χ0) is 13.6. The minimum absolute atomic E-state index is 0.0131. The van der Waals surface area contributed by atoms with Crippen LogP contribution in [0.2, 0.25) is 0 Å². The first-order chi connectivity index (χ1) is 8.70. The van der Waals surface area contributed by atoms with Crippen LogP contribution < -0.4 is 0 Å². The molecule has 0 aromatic carbocycles. The molecule has 5 nitrogen and oxygen atoms in total. The molecule has 0 spiro atoms. The Morgan fingerprint density at radius 1 is 1.11 bits per heavy atom. The first-order valence-electron chi connectivity index (χ1n) is 6.69. The maximum Gasteiger partial charge on any atom is 0.308 e. The van der Waals surface area contributed by atoms with E-state index < -0.39 is 6.10 Å². The van der Waals surface area contributed by atoms with E-state index in [4.69, 9.17) is 14.2 Å². The first kappa shape index (κ1) is 17.4. The predicted molar refractivity (Wildman–Crippen MR) is 68.4 cm³/mol. The molecule has 0 fully saturated rings. The van der Waals surface area contributed by atoms with Gasteiger partial charge in [0.05, 0.1) is 39.0 Å². The molecule has 1 atom stereocenters. The van der Waals surface area contributed by atoms with E-state index in [0.29, 0.717) is 26.4 Å². The van der Waals surface area contributed by atoms with Crippen LogP contribution in [0.1, 0.15) is 39.5 Å². The molecule has 0 saturated carbocycles. The number of carbonyl (C=O) groups is 1. The van der Waals surface area contributed by atoms with Gasteiger partial charge in [0.1, 0.15) is 0 Å². The lowest BCUT2D eigenvalue weighted by Gasteiger charge is -2.11. The van der Waals surface area contributed by atoms with E-state index >= 15 is 0 Å². The Hall–Kier alpha value is -0.650. The monoisotopic (exact) mass is 262 g/mol. The highest BCUT2D eigenvalue weighted by atomic mass is 16.5. The van der Waals surface area contributed by atoms with Gasteiger partial charge in [0.25, 0.3) is 0 Å². The normalized spacial score (nSPS) is 12.4. The van der Waals surface area contributed by atoms with Gasteiger partial charge < -0.3 is 19.3 Å². The molecule has 0 aromatic heterocycles. The molecule has 0 aliphatic heterocycles. The van der Waals surface area contributed by atoms with Gasteiger partial charge in [-0.15, -0.1) is 0 Å². The number of hydrogen-bond donors (Lipinski definition) is 1. The number of carbonyl (C=O) groups excluding carboxylic acids is 1. The minimum Gasteiger partial charge on any atom is -0.466 e. The van der Waals surface area contributed by atoms with E-state index in [1.807, 2.05) is 6.92 Å². The molecule has 1 N–H and O–H groups in total. The lowest BCUT2D eigenvalue weighted by Crippen LogP contribution is -2.22. The summed E-state index contributed by atoms with van der Waals surface area (Å²) in [7, 11) is 0. The van der Waals surface area contributed by atoms with Gasteiger partial charge >= 0.3 is 5.97 Å². The predicted octanol–water partition coefficient (Wildman–Crippen LogP) is 1.52. The molecule has 18 heavy (non-hydrogen) atoms. The SMILES string of the molecule is CCCCCOC(=O)CC(O)COCCOCC. The molecule has 0 rings (SSSR count). The molecule has 5 heteroatoms. The Balaban J connectivity index is 3.37. The average molecular weight is 262 g/mol. The number of hydrogen-bond acceptors (Lipinski definition) is 5. The maximum atomic E-state index is 11.3.